The number of carbonyl (C=O) groups excluding carboxylic acids is 1. The largest absolute Gasteiger partial charge is 0.396 e. The summed E-state index contributed by atoms with van der Waals surface area (Å²) in [6.07, 6.45) is -0.587. The summed E-state index contributed by atoms with van der Waals surface area (Å²) in [6.45, 7) is -0.276. The summed E-state index contributed by atoms with van der Waals surface area (Å²) in [5.41, 5.74) is 4.89. The average Bonchev–Trinajstić information content (AvgIpc) is 1.95. The molecule has 0 aliphatic heterocycles. The lowest BCUT2D eigenvalue weighted by Gasteiger charge is -2.14. The monoisotopic (exact) mass is 212 g/mol. The number of carbonyl (C=O) groups is 1. The van der Waals surface area contributed by atoms with Crippen LogP contribution in [0, 0.1) is 0 Å². The van der Waals surface area contributed by atoms with E-state index in [1.165, 1.54) is 0 Å². The molecule has 0 spiro atoms. The van der Waals surface area contributed by atoms with Gasteiger partial charge in [-0.05, 0) is 6.42 Å². The molecule has 0 saturated heterocycles. The molecule has 0 fully saturated rings. The molecule has 0 heterocycles. The molecule has 0 radical (unpaired) electrons. The van der Waals surface area contributed by atoms with E-state index in [-0.39, 0.29) is 13.0 Å². The van der Waals surface area contributed by atoms with Gasteiger partial charge in [-0.1, -0.05) is 0 Å². The first-order valence-electron chi connectivity index (χ1n) is 3.55. The summed E-state index contributed by atoms with van der Waals surface area (Å²) in [5, 5.41) is 10.7. The van der Waals surface area contributed by atoms with Crippen molar-refractivity contribution in [1.82, 2.24) is 5.32 Å². The van der Waals surface area contributed by atoms with Crippen LogP contribution in [0.4, 0.5) is 0 Å². The zero-order valence-corrected chi connectivity index (χ0v) is 7.78. The van der Waals surface area contributed by atoms with E-state index in [0.717, 1.165) is 0 Å². The molecular formula is C5H13N2O5P. The molecule has 8 heteroatoms. The molecule has 0 rings (SSSR count). The van der Waals surface area contributed by atoms with Crippen molar-refractivity contribution >= 4 is 13.5 Å². The lowest BCUT2D eigenvalue weighted by molar-refractivity contribution is -0.120. The third-order valence-corrected chi connectivity index (χ3v) is 1.90. The second-order valence-corrected chi connectivity index (χ2v) is 4.14. The Kier molecular flexibility index (Phi) is 5.12. The number of rotatable bonds is 6. The van der Waals surface area contributed by atoms with E-state index in [0.29, 0.717) is 0 Å². The van der Waals surface area contributed by atoms with Gasteiger partial charge in [-0.15, -0.1) is 0 Å². The van der Waals surface area contributed by atoms with E-state index in [2.05, 4.69) is 5.32 Å². The van der Waals surface area contributed by atoms with Crippen LogP contribution in [0.3, 0.4) is 0 Å². The molecule has 0 saturated carbocycles. The molecule has 0 aromatic carbocycles. The number of primary amides is 1. The van der Waals surface area contributed by atoms with Crippen LogP contribution in [-0.2, 0) is 9.36 Å². The highest BCUT2D eigenvalue weighted by Crippen LogP contribution is 2.32. The maximum Gasteiger partial charge on any atom is 0.339 e. The maximum atomic E-state index is 10.6. The first-order valence-corrected chi connectivity index (χ1v) is 5.34. The second kappa shape index (κ2) is 5.31. The lowest BCUT2D eigenvalue weighted by atomic mass is 10.2. The summed E-state index contributed by atoms with van der Waals surface area (Å²) in [4.78, 5) is 27.5. The Bertz CT molecular complexity index is 215. The van der Waals surface area contributed by atoms with E-state index in [1.807, 2.05) is 0 Å². The Balaban J connectivity index is 3.97. The molecular weight excluding hydrogens is 199 g/mol. The van der Waals surface area contributed by atoms with Crippen LogP contribution < -0.4 is 11.1 Å². The van der Waals surface area contributed by atoms with Gasteiger partial charge in [0.1, 0.15) is 0 Å². The summed E-state index contributed by atoms with van der Waals surface area (Å²) < 4.78 is 10.4. The van der Waals surface area contributed by atoms with Crippen molar-refractivity contribution < 1.29 is 24.3 Å². The molecule has 6 N–H and O–H groups in total. The number of nitrogens with one attached hydrogen (secondary N) is 1. The van der Waals surface area contributed by atoms with Crippen molar-refractivity contribution in [1.29, 1.82) is 0 Å². The van der Waals surface area contributed by atoms with Gasteiger partial charge in [0.2, 0.25) is 5.91 Å². The van der Waals surface area contributed by atoms with Gasteiger partial charge in [-0.25, -0.2) is 0 Å². The number of nitrogens with two attached hydrogens (primary N) is 1. The highest BCUT2D eigenvalue weighted by Gasteiger charge is 2.19. The van der Waals surface area contributed by atoms with E-state index in [4.69, 9.17) is 20.6 Å². The predicted molar refractivity (Wildman–Crippen MR) is 44.7 cm³/mol. The second-order valence-electron chi connectivity index (χ2n) is 2.49. The highest BCUT2D eigenvalue weighted by atomic mass is 31.2. The van der Waals surface area contributed by atoms with Crippen LogP contribution in [0.1, 0.15) is 6.42 Å². The zero-order chi connectivity index (χ0) is 10.5. The fraction of sp³-hybridized carbons (Fsp3) is 0.800. The Morgan fingerprint density at radius 2 is 2.08 bits per heavy atom. The van der Waals surface area contributed by atoms with E-state index >= 15 is 0 Å². The van der Waals surface area contributed by atoms with Gasteiger partial charge in [0.25, 0.3) is 0 Å². The van der Waals surface area contributed by atoms with Crippen molar-refractivity contribution in [2.75, 3.05) is 12.9 Å². The van der Waals surface area contributed by atoms with Crippen LogP contribution in [0.2, 0.25) is 0 Å². The standard InChI is InChI=1S/C5H13N2O5P/c6-5(9)4(1-2-8)7-3-13(10,11)12/h4,7-8H,1-3H2,(H2,6,9)(H2,10,11,12). The van der Waals surface area contributed by atoms with Crippen LogP contribution in [-0.4, -0.2) is 39.7 Å². The average molecular weight is 212 g/mol. The van der Waals surface area contributed by atoms with E-state index < -0.39 is 25.8 Å². The SMILES string of the molecule is NC(=O)C(CCO)NCP(=O)(O)O. The molecule has 13 heavy (non-hydrogen) atoms. The zero-order valence-electron chi connectivity index (χ0n) is 6.88. The molecule has 7 nitrogen and oxygen atoms in total. The third kappa shape index (κ3) is 6.68. The quantitative estimate of drug-likeness (QED) is 0.322. The highest BCUT2D eigenvalue weighted by molar-refractivity contribution is 7.51. The molecule has 1 atom stereocenters. The molecule has 0 aromatic heterocycles. The Morgan fingerprint density at radius 1 is 1.54 bits per heavy atom. The third-order valence-electron chi connectivity index (χ3n) is 1.30. The first kappa shape index (κ1) is 12.5. The van der Waals surface area contributed by atoms with Crippen LogP contribution >= 0.6 is 7.60 Å². The van der Waals surface area contributed by atoms with Gasteiger partial charge in [0.05, 0.1) is 12.3 Å². The minimum Gasteiger partial charge on any atom is -0.396 e. The van der Waals surface area contributed by atoms with Crippen molar-refractivity contribution in [3.8, 4) is 0 Å². The minimum atomic E-state index is -4.18. The van der Waals surface area contributed by atoms with Crippen molar-refractivity contribution in [3.63, 3.8) is 0 Å². The summed E-state index contributed by atoms with van der Waals surface area (Å²) in [5.74, 6) is -0.748. The minimum absolute atomic E-state index is 0.0370. The van der Waals surface area contributed by atoms with Crippen LogP contribution in [0.25, 0.3) is 0 Å². The predicted octanol–water partition coefficient (Wildman–Crippen LogP) is -2.05. The summed E-state index contributed by atoms with van der Waals surface area (Å²) in [7, 11) is -4.18. The van der Waals surface area contributed by atoms with E-state index in [9.17, 15) is 9.36 Å². The Labute approximate surface area is 75.1 Å². The smallest absolute Gasteiger partial charge is 0.339 e. The Hall–Kier alpha value is -0.460. The van der Waals surface area contributed by atoms with Crippen molar-refractivity contribution in [2.45, 2.75) is 12.5 Å². The van der Waals surface area contributed by atoms with E-state index in [1.54, 1.807) is 0 Å². The number of amides is 1. The molecule has 1 amide bonds. The molecule has 1 unspecified atom stereocenters. The maximum absolute atomic E-state index is 10.6. The summed E-state index contributed by atoms with van der Waals surface area (Å²) in [6, 6.07) is -0.905. The Morgan fingerprint density at radius 3 is 2.38 bits per heavy atom. The molecule has 78 valence electrons. The van der Waals surface area contributed by atoms with Gasteiger partial charge in [-0.2, -0.15) is 0 Å². The van der Waals surface area contributed by atoms with Gasteiger partial charge < -0.3 is 20.6 Å². The molecule has 0 aliphatic rings. The van der Waals surface area contributed by atoms with Gasteiger partial charge in [0.15, 0.2) is 0 Å². The number of hydrogen-bond acceptors (Lipinski definition) is 4. The number of aliphatic hydroxyl groups is 1. The molecule has 0 bridgehead atoms. The normalized spacial score (nSPS) is 14.1. The van der Waals surface area contributed by atoms with Gasteiger partial charge in [0, 0.05) is 6.61 Å². The topological polar surface area (TPSA) is 133 Å². The number of aliphatic hydroxyl groups excluding tert-OH is 1. The summed E-state index contributed by atoms with van der Waals surface area (Å²) >= 11 is 0. The van der Waals surface area contributed by atoms with Gasteiger partial charge in [-0.3, -0.25) is 14.7 Å². The van der Waals surface area contributed by atoms with Crippen LogP contribution in [0.5, 0.6) is 0 Å². The lowest BCUT2D eigenvalue weighted by Crippen LogP contribution is -2.42. The van der Waals surface area contributed by atoms with Crippen molar-refractivity contribution in [3.05, 3.63) is 0 Å². The van der Waals surface area contributed by atoms with Gasteiger partial charge >= 0.3 is 7.60 Å². The molecule has 0 aromatic rings. The molecule has 0 aliphatic carbocycles. The number of hydrogen-bond donors (Lipinski definition) is 5. The first-order chi connectivity index (χ1) is 5.87. The van der Waals surface area contributed by atoms with Crippen molar-refractivity contribution in [2.24, 2.45) is 5.73 Å². The van der Waals surface area contributed by atoms with Crippen LogP contribution in [0.15, 0.2) is 0 Å². The fourth-order valence-corrected chi connectivity index (χ4v) is 1.16. The fourth-order valence-electron chi connectivity index (χ4n) is 0.703.